The molecule has 0 aromatic heterocycles. The number of benzene rings is 3. The molecule has 0 bridgehead atoms. The van der Waals surface area contributed by atoms with Gasteiger partial charge in [0.2, 0.25) is 0 Å². The fourth-order valence-corrected chi connectivity index (χ4v) is 4.29. The lowest BCUT2D eigenvalue weighted by Crippen LogP contribution is -2.27. The maximum atomic E-state index is 12.8. The van der Waals surface area contributed by atoms with Crippen LogP contribution in [0.1, 0.15) is 11.1 Å². The summed E-state index contributed by atoms with van der Waals surface area (Å²) in [5, 5.41) is -0.259. The number of nitrogens with zero attached hydrogens (tertiary/aromatic N) is 1. The molecule has 162 valence electrons. The van der Waals surface area contributed by atoms with E-state index in [0.717, 1.165) is 32.2 Å². The smallest absolute Gasteiger partial charge is 0.293 e. The predicted molar refractivity (Wildman–Crippen MR) is 135 cm³/mol. The minimum absolute atomic E-state index is 0.259. The number of para-hydroxylation sites is 1. The second-order valence-corrected chi connectivity index (χ2v) is 9.22. The zero-order valence-electron chi connectivity index (χ0n) is 17.1. The minimum atomic E-state index is -0.277. The second kappa shape index (κ2) is 10.7. The summed E-state index contributed by atoms with van der Waals surface area (Å²) in [5.74, 6) is 1.19. The number of hydrogen-bond donors (Lipinski definition) is 0. The molecule has 0 unspecified atom stereocenters. The van der Waals surface area contributed by atoms with Crippen LogP contribution in [0.2, 0.25) is 0 Å². The van der Waals surface area contributed by atoms with Crippen LogP contribution >= 0.6 is 34.4 Å². The van der Waals surface area contributed by atoms with E-state index in [9.17, 15) is 9.59 Å². The SMILES string of the molecule is O=C1S/C(=C\c2cccc(OCCOc3ccccc3)c2)C(=O)N1Cc1ccc(I)cc1. The van der Waals surface area contributed by atoms with Crippen molar-refractivity contribution in [2.45, 2.75) is 6.54 Å². The fraction of sp³-hybridized carbons (Fsp3) is 0.120. The second-order valence-electron chi connectivity index (χ2n) is 6.98. The first-order valence-corrected chi connectivity index (χ1v) is 11.9. The third-order valence-electron chi connectivity index (χ3n) is 4.65. The van der Waals surface area contributed by atoms with Crippen molar-refractivity contribution in [1.29, 1.82) is 0 Å². The molecule has 0 spiro atoms. The van der Waals surface area contributed by atoms with Crippen LogP contribution in [0.15, 0.2) is 83.8 Å². The average molecular weight is 557 g/mol. The summed E-state index contributed by atoms with van der Waals surface area (Å²) >= 11 is 3.18. The molecule has 5 nitrogen and oxygen atoms in total. The Morgan fingerprint density at radius 3 is 2.28 bits per heavy atom. The molecule has 0 saturated carbocycles. The highest BCUT2D eigenvalue weighted by atomic mass is 127. The zero-order chi connectivity index (χ0) is 22.3. The Labute approximate surface area is 204 Å². The monoisotopic (exact) mass is 557 g/mol. The summed E-state index contributed by atoms with van der Waals surface area (Å²) in [6.07, 6.45) is 1.73. The van der Waals surface area contributed by atoms with Gasteiger partial charge in [-0.05, 0) is 88.0 Å². The average Bonchev–Trinajstić information content (AvgIpc) is 3.06. The lowest BCUT2D eigenvalue weighted by molar-refractivity contribution is -0.123. The maximum absolute atomic E-state index is 12.8. The summed E-state index contributed by atoms with van der Waals surface area (Å²) in [5.41, 5.74) is 1.72. The number of halogens is 1. The predicted octanol–water partition coefficient (Wildman–Crippen LogP) is 5.99. The van der Waals surface area contributed by atoms with E-state index in [1.165, 1.54) is 4.90 Å². The highest BCUT2D eigenvalue weighted by molar-refractivity contribution is 14.1. The van der Waals surface area contributed by atoms with Crippen LogP contribution in [-0.2, 0) is 11.3 Å². The first-order valence-electron chi connectivity index (χ1n) is 9.99. The molecule has 1 aliphatic rings. The van der Waals surface area contributed by atoms with Crippen molar-refractivity contribution < 1.29 is 19.1 Å². The third kappa shape index (κ3) is 5.92. The molecule has 0 atom stereocenters. The number of carbonyl (C=O) groups excluding carboxylic acids is 2. The van der Waals surface area contributed by atoms with E-state index in [-0.39, 0.29) is 17.7 Å². The van der Waals surface area contributed by atoms with Gasteiger partial charge in [-0.3, -0.25) is 14.5 Å². The molecule has 3 aromatic rings. The van der Waals surface area contributed by atoms with Crippen molar-refractivity contribution in [2.75, 3.05) is 13.2 Å². The Balaban J connectivity index is 1.36. The normalized spacial score (nSPS) is 14.8. The van der Waals surface area contributed by atoms with Crippen LogP contribution in [0.3, 0.4) is 0 Å². The number of amides is 2. The lowest BCUT2D eigenvalue weighted by atomic mass is 10.2. The molecular formula is C25H20INO4S. The minimum Gasteiger partial charge on any atom is -0.490 e. The van der Waals surface area contributed by atoms with Gasteiger partial charge in [0.15, 0.2) is 0 Å². The maximum Gasteiger partial charge on any atom is 0.293 e. The molecule has 1 aliphatic heterocycles. The number of carbonyl (C=O) groups is 2. The molecule has 1 saturated heterocycles. The van der Waals surface area contributed by atoms with Crippen LogP contribution in [0.25, 0.3) is 6.08 Å². The molecule has 3 aromatic carbocycles. The van der Waals surface area contributed by atoms with E-state index in [2.05, 4.69) is 22.6 Å². The van der Waals surface area contributed by atoms with Crippen LogP contribution < -0.4 is 9.47 Å². The van der Waals surface area contributed by atoms with Crippen molar-refractivity contribution in [3.63, 3.8) is 0 Å². The Morgan fingerprint density at radius 2 is 1.53 bits per heavy atom. The number of ether oxygens (including phenoxy) is 2. The van der Waals surface area contributed by atoms with E-state index >= 15 is 0 Å². The third-order valence-corrected chi connectivity index (χ3v) is 6.27. The molecule has 0 aliphatic carbocycles. The van der Waals surface area contributed by atoms with Gasteiger partial charge in [-0.25, -0.2) is 0 Å². The first-order chi connectivity index (χ1) is 15.6. The zero-order valence-corrected chi connectivity index (χ0v) is 20.0. The van der Waals surface area contributed by atoms with Gasteiger partial charge >= 0.3 is 0 Å². The summed E-state index contributed by atoms with van der Waals surface area (Å²) in [6.45, 7) is 1.08. The Hall–Kier alpha value is -2.78. The summed E-state index contributed by atoms with van der Waals surface area (Å²) in [6, 6.07) is 24.8. The van der Waals surface area contributed by atoms with E-state index in [0.29, 0.717) is 23.9 Å². The van der Waals surface area contributed by atoms with Crippen LogP contribution in [0.4, 0.5) is 4.79 Å². The number of rotatable bonds is 8. The highest BCUT2D eigenvalue weighted by Gasteiger charge is 2.34. The van der Waals surface area contributed by atoms with Crippen molar-refractivity contribution >= 4 is 51.6 Å². The van der Waals surface area contributed by atoms with E-state index in [4.69, 9.17) is 9.47 Å². The topological polar surface area (TPSA) is 55.8 Å². The lowest BCUT2D eigenvalue weighted by Gasteiger charge is -2.12. The van der Waals surface area contributed by atoms with Crippen LogP contribution in [-0.4, -0.2) is 29.3 Å². The Bertz CT molecular complexity index is 1130. The van der Waals surface area contributed by atoms with E-state index in [1.54, 1.807) is 6.08 Å². The Morgan fingerprint density at radius 1 is 0.844 bits per heavy atom. The van der Waals surface area contributed by atoms with Crippen LogP contribution in [0, 0.1) is 3.57 Å². The van der Waals surface area contributed by atoms with Crippen molar-refractivity contribution in [1.82, 2.24) is 4.90 Å². The van der Waals surface area contributed by atoms with Gasteiger partial charge in [-0.15, -0.1) is 0 Å². The molecule has 32 heavy (non-hydrogen) atoms. The largest absolute Gasteiger partial charge is 0.490 e. The van der Waals surface area contributed by atoms with E-state index < -0.39 is 0 Å². The molecule has 0 radical (unpaired) electrons. The number of hydrogen-bond acceptors (Lipinski definition) is 5. The molecule has 0 N–H and O–H groups in total. The summed E-state index contributed by atoms with van der Waals surface area (Å²) in [7, 11) is 0. The molecular weight excluding hydrogens is 537 g/mol. The molecule has 7 heteroatoms. The van der Waals surface area contributed by atoms with Gasteiger partial charge in [0.05, 0.1) is 11.4 Å². The van der Waals surface area contributed by atoms with Crippen molar-refractivity contribution in [3.05, 3.63) is 98.5 Å². The van der Waals surface area contributed by atoms with Crippen molar-refractivity contribution in [2.24, 2.45) is 0 Å². The van der Waals surface area contributed by atoms with Gasteiger partial charge in [0.25, 0.3) is 11.1 Å². The molecule has 1 fully saturated rings. The van der Waals surface area contributed by atoms with Crippen LogP contribution in [0.5, 0.6) is 11.5 Å². The van der Waals surface area contributed by atoms with Gasteiger partial charge < -0.3 is 9.47 Å². The number of imide groups is 1. The molecule has 1 heterocycles. The van der Waals surface area contributed by atoms with Gasteiger partial charge in [0.1, 0.15) is 24.7 Å². The quantitative estimate of drug-likeness (QED) is 0.194. The van der Waals surface area contributed by atoms with Gasteiger partial charge in [-0.2, -0.15) is 0 Å². The van der Waals surface area contributed by atoms with E-state index in [1.807, 2.05) is 78.9 Å². The van der Waals surface area contributed by atoms with Crippen molar-refractivity contribution in [3.8, 4) is 11.5 Å². The van der Waals surface area contributed by atoms with Gasteiger partial charge in [-0.1, -0.05) is 42.5 Å². The standard InChI is InChI=1S/C25H20INO4S/c26-20-11-9-18(10-12-20)17-27-24(28)23(32-25(27)29)16-19-5-4-8-22(15-19)31-14-13-30-21-6-2-1-3-7-21/h1-12,15-16H,13-14,17H2/b23-16-. The highest BCUT2D eigenvalue weighted by Crippen LogP contribution is 2.33. The van der Waals surface area contributed by atoms with Gasteiger partial charge in [0, 0.05) is 3.57 Å². The first kappa shape index (κ1) is 22.4. The number of thioether (sulfide) groups is 1. The Kier molecular flexibility index (Phi) is 7.49. The fourth-order valence-electron chi connectivity index (χ4n) is 3.09. The summed E-state index contributed by atoms with van der Waals surface area (Å²) < 4.78 is 12.5. The molecule has 4 rings (SSSR count). The summed E-state index contributed by atoms with van der Waals surface area (Å²) in [4.78, 5) is 26.9. The molecule has 2 amide bonds.